The van der Waals surface area contributed by atoms with E-state index in [-0.39, 0.29) is 44.0 Å². The Kier molecular flexibility index (Phi) is 11.8. The number of benzene rings is 3. The average Bonchev–Trinajstić information content (AvgIpc) is 3.71. The Morgan fingerprint density at radius 1 is 0.839 bits per heavy atom. The molecule has 1 fully saturated rings. The summed E-state index contributed by atoms with van der Waals surface area (Å²) >= 11 is 0. The highest BCUT2D eigenvalue weighted by Crippen LogP contribution is 2.44. The molecule has 56 heavy (non-hydrogen) atoms. The van der Waals surface area contributed by atoms with Gasteiger partial charge in [0.15, 0.2) is 0 Å². The van der Waals surface area contributed by atoms with E-state index in [1.807, 2.05) is 63.2 Å². The molecule has 298 valence electrons. The predicted molar refractivity (Wildman–Crippen MR) is 213 cm³/mol. The highest BCUT2D eigenvalue weighted by atomic mass is 16.6. The van der Waals surface area contributed by atoms with Crippen molar-refractivity contribution >= 4 is 29.9 Å². The molecule has 0 spiro atoms. The maximum absolute atomic E-state index is 14.6. The Balaban J connectivity index is 1.18. The highest BCUT2D eigenvalue weighted by Gasteiger charge is 2.46. The van der Waals surface area contributed by atoms with Crippen molar-refractivity contribution in [1.29, 1.82) is 0 Å². The first kappa shape index (κ1) is 40.3. The van der Waals surface area contributed by atoms with Crippen LogP contribution in [-0.4, -0.2) is 90.2 Å². The van der Waals surface area contributed by atoms with Crippen LogP contribution in [0.25, 0.3) is 11.1 Å². The Hall–Kier alpha value is -5.39. The fraction of sp³-hybridized carbons (Fsp3) is 0.477. The van der Waals surface area contributed by atoms with Crippen molar-refractivity contribution in [2.45, 2.75) is 103 Å². The first-order valence-corrected chi connectivity index (χ1v) is 19.5. The molecule has 3 aliphatic rings. The molecular weight excluding hydrogens is 711 g/mol. The molecule has 2 aliphatic carbocycles. The fourth-order valence-corrected chi connectivity index (χ4v) is 8.05. The van der Waals surface area contributed by atoms with Crippen LogP contribution in [0.3, 0.4) is 0 Å². The van der Waals surface area contributed by atoms with Crippen molar-refractivity contribution in [2.75, 3.05) is 26.7 Å². The predicted octanol–water partition coefficient (Wildman–Crippen LogP) is 6.09. The molecule has 1 saturated heterocycles. The molecule has 3 aromatic carbocycles. The number of nitrogens with zero attached hydrogens (tertiary/aromatic N) is 2. The third kappa shape index (κ3) is 9.17. The number of likely N-dealkylation sites (N-methyl/N-ethyl adjacent to an activating group) is 1. The van der Waals surface area contributed by atoms with Gasteiger partial charge in [-0.05, 0) is 85.3 Å². The van der Waals surface area contributed by atoms with Crippen molar-refractivity contribution in [3.05, 3.63) is 95.1 Å². The zero-order valence-electron chi connectivity index (χ0n) is 33.5. The number of likely N-dealkylation sites (tertiary alicyclic amines) is 1. The summed E-state index contributed by atoms with van der Waals surface area (Å²) in [5.74, 6) is -1.48. The molecule has 1 aliphatic heterocycles. The van der Waals surface area contributed by atoms with Gasteiger partial charge >= 0.3 is 12.2 Å². The van der Waals surface area contributed by atoms with Gasteiger partial charge in [-0.2, -0.15) is 0 Å². The van der Waals surface area contributed by atoms with E-state index in [1.165, 1.54) is 17.5 Å². The maximum atomic E-state index is 14.6. The van der Waals surface area contributed by atoms with Crippen LogP contribution in [0.5, 0.6) is 0 Å². The minimum Gasteiger partial charge on any atom is -0.449 e. The van der Waals surface area contributed by atoms with Crippen LogP contribution in [0.1, 0.15) is 95.0 Å². The van der Waals surface area contributed by atoms with Crippen LogP contribution in [0.2, 0.25) is 0 Å². The molecule has 5 amide bonds. The first-order chi connectivity index (χ1) is 26.5. The van der Waals surface area contributed by atoms with Crippen LogP contribution in [0.4, 0.5) is 9.59 Å². The van der Waals surface area contributed by atoms with Gasteiger partial charge in [0, 0.05) is 19.5 Å². The number of nitrogens with one attached hydrogen (secondary N) is 3. The third-order valence-electron chi connectivity index (χ3n) is 10.7. The summed E-state index contributed by atoms with van der Waals surface area (Å²) in [4.78, 5) is 70.8. The van der Waals surface area contributed by atoms with Gasteiger partial charge in [0.2, 0.25) is 17.7 Å². The summed E-state index contributed by atoms with van der Waals surface area (Å²) in [5, 5.41) is 8.98. The number of ether oxygens (including phenoxy) is 2. The number of amides is 5. The van der Waals surface area contributed by atoms with Crippen LogP contribution in [0, 0.1) is 5.41 Å². The van der Waals surface area contributed by atoms with E-state index in [9.17, 15) is 24.0 Å². The van der Waals surface area contributed by atoms with Gasteiger partial charge in [0.25, 0.3) is 0 Å². The average molecular weight is 766 g/mol. The summed E-state index contributed by atoms with van der Waals surface area (Å²) in [6.45, 7) is 10.5. The quantitative estimate of drug-likeness (QED) is 0.239. The third-order valence-corrected chi connectivity index (χ3v) is 10.7. The molecule has 12 heteroatoms. The van der Waals surface area contributed by atoms with E-state index in [0.29, 0.717) is 0 Å². The SMILES string of the molecule is CN(CC(=O)N[C@H](C(=O)N1C[C@@H](NC(=O)OCC2c3ccccc3-c3ccccc32)C[C@H]1C(=O)N[C@@H]1CCCc2ccccc21)C(C)(C)C)C(=O)OC(C)(C)C. The second-order valence-corrected chi connectivity index (χ2v) is 17.3. The van der Waals surface area contributed by atoms with Gasteiger partial charge in [0.05, 0.1) is 12.1 Å². The number of carbonyl (C=O) groups is 5. The molecular formula is C44H55N5O7. The molecule has 12 nitrogen and oxygen atoms in total. The van der Waals surface area contributed by atoms with Gasteiger partial charge < -0.3 is 35.2 Å². The first-order valence-electron chi connectivity index (χ1n) is 19.5. The van der Waals surface area contributed by atoms with E-state index in [2.05, 4.69) is 46.3 Å². The molecule has 3 N–H and O–H groups in total. The lowest BCUT2D eigenvalue weighted by Crippen LogP contribution is -2.59. The Labute approximate surface area is 329 Å². The van der Waals surface area contributed by atoms with E-state index in [0.717, 1.165) is 52.0 Å². The van der Waals surface area contributed by atoms with E-state index in [1.54, 1.807) is 20.8 Å². The second kappa shape index (κ2) is 16.4. The monoisotopic (exact) mass is 765 g/mol. The summed E-state index contributed by atoms with van der Waals surface area (Å²) in [5.41, 5.74) is 5.14. The summed E-state index contributed by atoms with van der Waals surface area (Å²) in [7, 11) is 1.45. The van der Waals surface area contributed by atoms with Crippen molar-refractivity contribution in [3.63, 3.8) is 0 Å². The van der Waals surface area contributed by atoms with Crippen LogP contribution >= 0.6 is 0 Å². The van der Waals surface area contributed by atoms with Gasteiger partial charge in [0.1, 0.15) is 30.8 Å². The van der Waals surface area contributed by atoms with E-state index >= 15 is 0 Å². The molecule has 6 rings (SSSR count). The molecule has 0 saturated carbocycles. The van der Waals surface area contributed by atoms with Gasteiger partial charge in [-0.1, -0.05) is 93.6 Å². The highest BCUT2D eigenvalue weighted by molar-refractivity contribution is 5.94. The molecule has 1 heterocycles. The topological polar surface area (TPSA) is 146 Å². The van der Waals surface area contributed by atoms with Crippen molar-refractivity contribution in [3.8, 4) is 11.1 Å². The number of rotatable bonds is 9. The fourth-order valence-electron chi connectivity index (χ4n) is 8.05. The second-order valence-electron chi connectivity index (χ2n) is 17.3. The summed E-state index contributed by atoms with van der Waals surface area (Å²) in [6.07, 6.45) is 1.45. The molecule has 0 radical (unpaired) electrons. The minimum absolute atomic E-state index is 0.0304. The minimum atomic E-state index is -1.05. The number of hydrogen-bond acceptors (Lipinski definition) is 7. The smallest absolute Gasteiger partial charge is 0.410 e. The molecule has 3 aromatic rings. The van der Waals surface area contributed by atoms with Gasteiger partial charge in [-0.25, -0.2) is 9.59 Å². The van der Waals surface area contributed by atoms with E-state index in [4.69, 9.17) is 9.47 Å². The zero-order valence-corrected chi connectivity index (χ0v) is 33.5. The van der Waals surface area contributed by atoms with Crippen LogP contribution in [-0.2, 0) is 30.3 Å². The van der Waals surface area contributed by atoms with E-state index < -0.39 is 53.1 Å². The molecule has 0 bridgehead atoms. The van der Waals surface area contributed by atoms with Crippen molar-refractivity contribution in [2.24, 2.45) is 5.41 Å². The van der Waals surface area contributed by atoms with Crippen LogP contribution in [0.15, 0.2) is 72.8 Å². The molecule has 0 unspecified atom stereocenters. The number of carbonyl (C=O) groups excluding carboxylic acids is 5. The lowest BCUT2D eigenvalue weighted by molar-refractivity contribution is -0.144. The number of hydrogen-bond donors (Lipinski definition) is 3. The largest absolute Gasteiger partial charge is 0.449 e. The number of alkyl carbamates (subject to hydrolysis) is 1. The molecule has 0 aromatic heterocycles. The van der Waals surface area contributed by atoms with Crippen molar-refractivity contribution < 1.29 is 33.4 Å². The van der Waals surface area contributed by atoms with Crippen LogP contribution < -0.4 is 16.0 Å². The Morgan fingerprint density at radius 3 is 2.07 bits per heavy atom. The van der Waals surface area contributed by atoms with Gasteiger partial charge in [-0.3, -0.25) is 14.4 Å². The maximum Gasteiger partial charge on any atom is 0.410 e. The molecule has 4 atom stereocenters. The van der Waals surface area contributed by atoms with Crippen molar-refractivity contribution in [1.82, 2.24) is 25.8 Å². The Morgan fingerprint density at radius 2 is 1.45 bits per heavy atom. The normalized spacial score (nSPS) is 19.5. The Bertz CT molecular complexity index is 1920. The standard InChI is InChI=1S/C44H55N5O7/c1-43(2,3)38(47-37(50)25-48(7)42(54)56-44(4,5)6)40(52)49-24-28(23-36(49)39(51)46-35-22-14-16-27-15-8-9-17-29(27)35)45-41(53)55-26-34-32-20-12-10-18-30(32)31-19-11-13-21-33(31)34/h8-13,15,17-21,28,34-36,38H,14,16,22-26H2,1-7H3,(H,45,53)(H,46,51)(H,47,50)/t28-,35+,36-,38+/m0/s1. The lowest BCUT2D eigenvalue weighted by atomic mass is 9.85. The number of aryl methyl sites for hydroxylation is 1. The summed E-state index contributed by atoms with van der Waals surface area (Å²) in [6, 6.07) is 21.4. The number of fused-ring (bicyclic) bond motifs is 4. The lowest BCUT2D eigenvalue weighted by Gasteiger charge is -2.36. The van der Waals surface area contributed by atoms with Gasteiger partial charge in [-0.15, -0.1) is 0 Å². The summed E-state index contributed by atoms with van der Waals surface area (Å²) < 4.78 is 11.2. The zero-order chi connectivity index (χ0) is 40.4.